The first kappa shape index (κ1) is 11.9. The molecule has 2 saturated heterocycles. The van der Waals surface area contributed by atoms with Crippen molar-refractivity contribution in [2.45, 2.75) is 43.5 Å². The molecule has 0 aromatic carbocycles. The molecule has 90 valence electrons. The molecular weight excluding hydrogens is 224 g/mol. The van der Waals surface area contributed by atoms with Crippen molar-refractivity contribution in [3.63, 3.8) is 0 Å². The molecule has 2 fully saturated rings. The van der Waals surface area contributed by atoms with Crippen LogP contribution in [0.25, 0.3) is 0 Å². The molecule has 2 aliphatic heterocycles. The summed E-state index contributed by atoms with van der Waals surface area (Å²) < 4.78 is 0. The van der Waals surface area contributed by atoms with Crippen molar-refractivity contribution in [3.05, 3.63) is 0 Å². The van der Waals surface area contributed by atoms with E-state index in [4.69, 9.17) is 0 Å². The van der Waals surface area contributed by atoms with Gasteiger partial charge in [0.05, 0.1) is 6.04 Å². The summed E-state index contributed by atoms with van der Waals surface area (Å²) in [4.78, 5) is 24.4. The lowest BCUT2D eigenvalue weighted by Crippen LogP contribution is -2.54. The van der Waals surface area contributed by atoms with Gasteiger partial charge in [-0.2, -0.15) is 11.8 Å². The summed E-state index contributed by atoms with van der Waals surface area (Å²) >= 11 is 1.94. The van der Waals surface area contributed by atoms with Crippen molar-refractivity contribution in [1.82, 2.24) is 10.2 Å². The van der Waals surface area contributed by atoms with Crippen LogP contribution in [0.15, 0.2) is 0 Å². The zero-order chi connectivity index (χ0) is 11.7. The number of imide groups is 1. The summed E-state index contributed by atoms with van der Waals surface area (Å²) in [5, 5.41) is 3.97. The van der Waals surface area contributed by atoms with Gasteiger partial charge in [-0.05, 0) is 18.6 Å². The maximum absolute atomic E-state index is 11.9. The van der Waals surface area contributed by atoms with E-state index in [1.807, 2.05) is 11.8 Å². The smallest absolute Gasteiger partial charge is 0.246 e. The van der Waals surface area contributed by atoms with Crippen molar-refractivity contribution in [2.24, 2.45) is 0 Å². The van der Waals surface area contributed by atoms with Crippen LogP contribution in [-0.2, 0) is 9.59 Å². The second-order valence-corrected chi connectivity index (χ2v) is 6.01. The number of amides is 2. The van der Waals surface area contributed by atoms with Gasteiger partial charge in [-0.15, -0.1) is 0 Å². The number of piperidine rings is 1. The predicted octanol–water partition coefficient (Wildman–Crippen LogP) is 0.617. The molecule has 0 saturated carbocycles. The van der Waals surface area contributed by atoms with Gasteiger partial charge in [0.25, 0.3) is 0 Å². The average Bonchev–Trinajstić information content (AvgIpc) is 2.65. The summed E-state index contributed by atoms with van der Waals surface area (Å²) in [7, 11) is 1.57. The van der Waals surface area contributed by atoms with E-state index in [-0.39, 0.29) is 17.9 Å². The average molecular weight is 242 g/mol. The van der Waals surface area contributed by atoms with Crippen LogP contribution < -0.4 is 5.32 Å². The predicted molar refractivity (Wildman–Crippen MR) is 64.3 cm³/mol. The van der Waals surface area contributed by atoms with Crippen LogP contribution in [0, 0.1) is 0 Å². The number of carbonyl (C=O) groups excluding carboxylic acids is 2. The maximum atomic E-state index is 11.9. The number of nitrogens with one attached hydrogen (secondary N) is 1. The quantitative estimate of drug-likeness (QED) is 0.721. The number of rotatable bonds is 2. The summed E-state index contributed by atoms with van der Waals surface area (Å²) in [6, 6.07) is 0.259. The van der Waals surface area contributed by atoms with E-state index < -0.39 is 0 Å². The zero-order valence-electron chi connectivity index (χ0n) is 9.73. The lowest BCUT2D eigenvalue weighted by atomic mass is 10.0. The number of likely N-dealkylation sites (tertiary alicyclic amines) is 1. The second kappa shape index (κ2) is 4.75. The Balaban J connectivity index is 1.95. The third-order valence-corrected chi connectivity index (χ3v) is 4.77. The van der Waals surface area contributed by atoms with Crippen molar-refractivity contribution in [3.8, 4) is 0 Å². The number of carbonyl (C=O) groups is 2. The molecular formula is C11H18N2O2S. The minimum Gasteiger partial charge on any atom is -0.302 e. The molecule has 3 unspecified atom stereocenters. The molecule has 0 aromatic rings. The highest BCUT2D eigenvalue weighted by atomic mass is 32.2. The van der Waals surface area contributed by atoms with Crippen LogP contribution in [0.3, 0.4) is 0 Å². The van der Waals surface area contributed by atoms with Crippen molar-refractivity contribution in [2.75, 3.05) is 12.8 Å². The van der Waals surface area contributed by atoms with Gasteiger partial charge >= 0.3 is 0 Å². The molecule has 5 heteroatoms. The molecule has 2 rings (SSSR count). The molecule has 4 nitrogen and oxygen atoms in total. The Kier molecular flexibility index (Phi) is 3.54. The second-order valence-electron chi connectivity index (χ2n) is 4.52. The maximum Gasteiger partial charge on any atom is 0.246 e. The Morgan fingerprint density at radius 1 is 1.38 bits per heavy atom. The van der Waals surface area contributed by atoms with Gasteiger partial charge in [-0.1, -0.05) is 6.92 Å². The summed E-state index contributed by atoms with van der Waals surface area (Å²) in [6.07, 6.45) is 2.25. The molecule has 2 aliphatic rings. The van der Waals surface area contributed by atoms with Gasteiger partial charge < -0.3 is 5.32 Å². The fourth-order valence-corrected chi connectivity index (χ4v) is 3.49. The Bertz CT molecular complexity index is 308. The first-order valence-electron chi connectivity index (χ1n) is 5.77. The molecule has 0 bridgehead atoms. The van der Waals surface area contributed by atoms with Crippen molar-refractivity contribution < 1.29 is 9.59 Å². The Hall–Kier alpha value is -0.550. The standard InChI is InChI=1S/C11H18N2O2S/c1-7-8(5-6-16-7)12-9-3-4-10(14)13(2)11(9)15/h7-9,12H,3-6H2,1-2H3. The Morgan fingerprint density at radius 3 is 2.75 bits per heavy atom. The molecule has 0 radical (unpaired) electrons. The number of likely N-dealkylation sites (N-methyl/N-ethyl adjacent to an activating group) is 1. The zero-order valence-corrected chi connectivity index (χ0v) is 10.5. The van der Waals surface area contributed by atoms with E-state index in [1.54, 1.807) is 7.05 Å². The molecule has 2 amide bonds. The highest BCUT2D eigenvalue weighted by Gasteiger charge is 2.35. The molecule has 1 N–H and O–H groups in total. The summed E-state index contributed by atoms with van der Waals surface area (Å²) in [5.41, 5.74) is 0. The van der Waals surface area contributed by atoms with E-state index >= 15 is 0 Å². The number of nitrogens with zero attached hydrogens (tertiary/aromatic N) is 1. The molecule has 0 spiro atoms. The topological polar surface area (TPSA) is 49.4 Å². The largest absolute Gasteiger partial charge is 0.302 e. The minimum absolute atomic E-state index is 0.0584. The molecule has 0 aromatic heterocycles. The summed E-state index contributed by atoms with van der Waals surface area (Å²) in [6.45, 7) is 2.19. The van der Waals surface area contributed by atoms with E-state index in [2.05, 4.69) is 12.2 Å². The Morgan fingerprint density at radius 2 is 2.12 bits per heavy atom. The molecule has 16 heavy (non-hydrogen) atoms. The van der Waals surface area contributed by atoms with Gasteiger partial charge in [0, 0.05) is 24.8 Å². The van der Waals surface area contributed by atoms with Gasteiger partial charge in [0.2, 0.25) is 11.8 Å². The number of thioether (sulfide) groups is 1. The lowest BCUT2D eigenvalue weighted by Gasteiger charge is -2.31. The molecule has 2 heterocycles. The SMILES string of the molecule is CC1SCCC1NC1CCC(=O)N(C)C1=O. The normalized spacial score (nSPS) is 35.9. The van der Waals surface area contributed by atoms with Crippen LogP contribution in [0.2, 0.25) is 0 Å². The fourth-order valence-electron chi connectivity index (χ4n) is 2.28. The van der Waals surface area contributed by atoms with E-state index in [1.165, 1.54) is 4.90 Å². The van der Waals surface area contributed by atoms with Gasteiger partial charge in [-0.25, -0.2) is 0 Å². The highest BCUT2D eigenvalue weighted by Crippen LogP contribution is 2.27. The van der Waals surface area contributed by atoms with Gasteiger partial charge in [0.15, 0.2) is 0 Å². The van der Waals surface area contributed by atoms with E-state index in [9.17, 15) is 9.59 Å². The lowest BCUT2D eigenvalue weighted by molar-refractivity contribution is -0.148. The third-order valence-electron chi connectivity index (χ3n) is 3.44. The van der Waals surface area contributed by atoms with Crippen molar-refractivity contribution >= 4 is 23.6 Å². The monoisotopic (exact) mass is 242 g/mol. The van der Waals surface area contributed by atoms with Crippen LogP contribution >= 0.6 is 11.8 Å². The van der Waals surface area contributed by atoms with Crippen LogP contribution in [0.4, 0.5) is 0 Å². The van der Waals surface area contributed by atoms with Gasteiger partial charge in [-0.3, -0.25) is 14.5 Å². The fraction of sp³-hybridized carbons (Fsp3) is 0.818. The summed E-state index contributed by atoms with van der Waals surface area (Å²) in [5.74, 6) is 1.03. The molecule has 0 aliphatic carbocycles. The third kappa shape index (κ3) is 2.25. The van der Waals surface area contributed by atoms with E-state index in [0.29, 0.717) is 24.1 Å². The van der Waals surface area contributed by atoms with Crippen LogP contribution in [-0.4, -0.2) is 46.8 Å². The molecule has 3 atom stereocenters. The first-order chi connectivity index (χ1) is 7.59. The van der Waals surface area contributed by atoms with Crippen molar-refractivity contribution in [1.29, 1.82) is 0 Å². The first-order valence-corrected chi connectivity index (χ1v) is 6.82. The van der Waals surface area contributed by atoms with Crippen LogP contribution in [0.1, 0.15) is 26.2 Å². The highest BCUT2D eigenvalue weighted by molar-refractivity contribution is 8.00. The minimum atomic E-state index is -0.158. The van der Waals surface area contributed by atoms with E-state index in [0.717, 1.165) is 12.2 Å². The van der Waals surface area contributed by atoms with Gasteiger partial charge in [0.1, 0.15) is 0 Å². The number of hydrogen-bond acceptors (Lipinski definition) is 4. The van der Waals surface area contributed by atoms with Crippen LogP contribution in [0.5, 0.6) is 0 Å². The Labute approximate surface area is 100 Å². The number of hydrogen-bond donors (Lipinski definition) is 1.